The van der Waals surface area contributed by atoms with Crippen molar-refractivity contribution in [2.24, 2.45) is 0 Å². The molecule has 0 atom stereocenters. The van der Waals surface area contributed by atoms with Crippen LogP contribution in [0.1, 0.15) is 13.3 Å². The molecule has 0 fully saturated rings. The lowest BCUT2D eigenvalue weighted by Crippen LogP contribution is -2.35. The van der Waals surface area contributed by atoms with Crippen molar-refractivity contribution < 1.29 is 22.6 Å². The van der Waals surface area contributed by atoms with Crippen LogP contribution in [-0.4, -0.2) is 32.5 Å². The third-order valence-corrected chi connectivity index (χ3v) is 2.90. The number of anilines is 2. The topological polar surface area (TPSA) is 47.7 Å². The lowest BCUT2D eigenvalue weighted by molar-refractivity contribution is -0.119. The second-order valence-electron chi connectivity index (χ2n) is 4.59. The molecule has 112 valence electrons. The van der Waals surface area contributed by atoms with Crippen LogP contribution in [0.2, 0.25) is 0 Å². The number of benzene rings is 1. The van der Waals surface area contributed by atoms with E-state index in [0.717, 1.165) is 0 Å². The summed E-state index contributed by atoms with van der Waals surface area (Å²) in [6.45, 7) is 1.84. The van der Waals surface area contributed by atoms with Crippen molar-refractivity contribution in [1.82, 2.24) is 0 Å². The van der Waals surface area contributed by atoms with Gasteiger partial charge in [0.05, 0.1) is 11.4 Å². The molecule has 1 aliphatic rings. The lowest BCUT2D eigenvalue weighted by atomic mass is 10.2. The van der Waals surface area contributed by atoms with Gasteiger partial charge in [0.15, 0.2) is 11.5 Å². The molecule has 0 aliphatic carbocycles. The van der Waals surface area contributed by atoms with E-state index in [1.54, 1.807) is 0 Å². The van der Waals surface area contributed by atoms with Gasteiger partial charge in [-0.25, -0.2) is 0 Å². The number of halogens is 3. The highest BCUT2D eigenvalue weighted by atomic mass is 19.4. The Balaban J connectivity index is 2.32. The standard InChI is InChI=1S/C13H17F3N2O2/c1-2-3-18(8-13(14,15)16)10-7-12-11(6-9(10)17)19-4-5-20-12/h6-7H,2-5,8,17H2,1H3. The Labute approximate surface area is 115 Å². The first kappa shape index (κ1) is 14.6. The fraction of sp³-hybridized carbons (Fsp3) is 0.538. The quantitative estimate of drug-likeness (QED) is 0.866. The number of alkyl halides is 3. The van der Waals surface area contributed by atoms with Gasteiger partial charge in [-0.3, -0.25) is 0 Å². The molecule has 2 N–H and O–H groups in total. The summed E-state index contributed by atoms with van der Waals surface area (Å²) in [6, 6.07) is 3.04. The minimum absolute atomic E-state index is 0.256. The van der Waals surface area contributed by atoms with Gasteiger partial charge in [0.2, 0.25) is 0 Å². The Hall–Kier alpha value is -1.79. The minimum atomic E-state index is -4.28. The highest BCUT2D eigenvalue weighted by Crippen LogP contribution is 2.39. The van der Waals surface area contributed by atoms with Gasteiger partial charge >= 0.3 is 6.18 Å². The number of fused-ring (bicyclic) bond motifs is 1. The Kier molecular flexibility index (Phi) is 4.15. The van der Waals surface area contributed by atoms with E-state index in [9.17, 15) is 13.2 Å². The Bertz CT molecular complexity index is 477. The summed E-state index contributed by atoms with van der Waals surface area (Å²) < 4.78 is 48.7. The van der Waals surface area contributed by atoms with Gasteiger partial charge in [-0.05, 0) is 6.42 Å². The van der Waals surface area contributed by atoms with Crippen LogP contribution in [-0.2, 0) is 0 Å². The molecule has 1 heterocycles. The zero-order valence-corrected chi connectivity index (χ0v) is 11.2. The van der Waals surface area contributed by atoms with E-state index in [0.29, 0.717) is 36.8 Å². The first-order valence-corrected chi connectivity index (χ1v) is 6.41. The van der Waals surface area contributed by atoms with Gasteiger partial charge in [0.1, 0.15) is 19.8 Å². The molecule has 1 aromatic rings. The fourth-order valence-corrected chi connectivity index (χ4v) is 2.14. The summed E-state index contributed by atoms with van der Waals surface area (Å²) in [6.07, 6.45) is -3.70. The molecule has 0 aromatic heterocycles. The second-order valence-corrected chi connectivity index (χ2v) is 4.59. The maximum Gasteiger partial charge on any atom is 0.405 e. The summed E-state index contributed by atoms with van der Waals surface area (Å²) in [5.41, 5.74) is 6.43. The van der Waals surface area contributed by atoms with Crippen LogP contribution in [0.25, 0.3) is 0 Å². The third kappa shape index (κ3) is 3.40. The molecule has 0 unspecified atom stereocenters. The van der Waals surface area contributed by atoms with E-state index < -0.39 is 12.7 Å². The van der Waals surface area contributed by atoms with E-state index >= 15 is 0 Å². The van der Waals surface area contributed by atoms with E-state index in [-0.39, 0.29) is 12.2 Å². The first-order valence-electron chi connectivity index (χ1n) is 6.41. The summed E-state index contributed by atoms with van der Waals surface area (Å²) >= 11 is 0. The Morgan fingerprint density at radius 2 is 1.80 bits per heavy atom. The molecule has 0 spiro atoms. The summed E-state index contributed by atoms with van der Waals surface area (Å²) in [5, 5.41) is 0. The summed E-state index contributed by atoms with van der Waals surface area (Å²) in [5.74, 6) is 0.907. The predicted molar refractivity (Wildman–Crippen MR) is 70.4 cm³/mol. The molecule has 2 rings (SSSR count). The first-order chi connectivity index (χ1) is 9.40. The molecule has 0 bridgehead atoms. The molecular formula is C13H17F3N2O2. The molecule has 0 saturated heterocycles. The number of ether oxygens (including phenoxy) is 2. The number of nitrogens with zero attached hydrogens (tertiary/aromatic N) is 1. The Morgan fingerprint density at radius 3 is 2.35 bits per heavy atom. The largest absolute Gasteiger partial charge is 0.486 e. The molecule has 4 nitrogen and oxygen atoms in total. The van der Waals surface area contributed by atoms with Crippen LogP contribution in [0.3, 0.4) is 0 Å². The summed E-state index contributed by atoms with van der Waals surface area (Å²) in [4.78, 5) is 1.22. The maximum atomic E-state index is 12.6. The molecule has 0 radical (unpaired) electrons. The van der Waals surface area contributed by atoms with Crippen molar-refractivity contribution in [2.75, 3.05) is 36.9 Å². The minimum Gasteiger partial charge on any atom is -0.486 e. The van der Waals surface area contributed by atoms with E-state index in [1.807, 2.05) is 6.92 Å². The van der Waals surface area contributed by atoms with E-state index in [2.05, 4.69) is 0 Å². The highest BCUT2D eigenvalue weighted by Gasteiger charge is 2.31. The molecule has 1 aliphatic heterocycles. The zero-order chi connectivity index (χ0) is 14.8. The molecule has 20 heavy (non-hydrogen) atoms. The van der Waals surface area contributed by atoms with Crippen molar-refractivity contribution in [3.63, 3.8) is 0 Å². The van der Waals surface area contributed by atoms with Crippen LogP contribution in [0.4, 0.5) is 24.5 Å². The number of nitrogen functional groups attached to an aromatic ring is 1. The monoisotopic (exact) mass is 290 g/mol. The molecule has 0 saturated carbocycles. The molecule has 1 aromatic carbocycles. The average Bonchev–Trinajstić information content (AvgIpc) is 2.36. The van der Waals surface area contributed by atoms with Gasteiger partial charge in [0.25, 0.3) is 0 Å². The van der Waals surface area contributed by atoms with Gasteiger partial charge in [-0.1, -0.05) is 6.92 Å². The molecular weight excluding hydrogens is 273 g/mol. The van der Waals surface area contributed by atoms with Gasteiger partial charge in [-0.15, -0.1) is 0 Å². The van der Waals surface area contributed by atoms with Crippen molar-refractivity contribution >= 4 is 11.4 Å². The number of rotatable bonds is 4. The van der Waals surface area contributed by atoms with Gasteiger partial charge in [-0.2, -0.15) is 13.2 Å². The predicted octanol–water partition coefficient (Wildman–Crippen LogP) is 2.82. The van der Waals surface area contributed by atoms with Gasteiger partial charge in [0, 0.05) is 18.7 Å². The number of hydrogen-bond acceptors (Lipinski definition) is 4. The lowest BCUT2D eigenvalue weighted by Gasteiger charge is -2.28. The normalized spacial score (nSPS) is 14.2. The Morgan fingerprint density at radius 1 is 1.20 bits per heavy atom. The van der Waals surface area contributed by atoms with Gasteiger partial charge < -0.3 is 20.1 Å². The third-order valence-electron chi connectivity index (χ3n) is 2.90. The maximum absolute atomic E-state index is 12.6. The fourth-order valence-electron chi connectivity index (χ4n) is 2.14. The average molecular weight is 290 g/mol. The van der Waals surface area contributed by atoms with E-state index in [4.69, 9.17) is 15.2 Å². The highest BCUT2D eigenvalue weighted by molar-refractivity contribution is 5.73. The molecule has 7 heteroatoms. The van der Waals surface area contributed by atoms with Crippen LogP contribution < -0.4 is 20.1 Å². The van der Waals surface area contributed by atoms with Crippen molar-refractivity contribution in [1.29, 1.82) is 0 Å². The second kappa shape index (κ2) is 5.68. The van der Waals surface area contributed by atoms with Crippen molar-refractivity contribution in [3.05, 3.63) is 12.1 Å². The van der Waals surface area contributed by atoms with Crippen molar-refractivity contribution in [2.45, 2.75) is 19.5 Å². The zero-order valence-electron chi connectivity index (χ0n) is 11.2. The summed E-state index contributed by atoms with van der Waals surface area (Å²) in [7, 11) is 0. The molecule has 0 amide bonds. The smallest absolute Gasteiger partial charge is 0.405 e. The van der Waals surface area contributed by atoms with Crippen LogP contribution >= 0.6 is 0 Å². The number of nitrogens with two attached hydrogens (primary N) is 1. The van der Waals surface area contributed by atoms with E-state index in [1.165, 1.54) is 17.0 Å². The van der Waals surface area contributed by atoms with Crippen LogP contribution in [0.15, 0.2) is 12.1 Å². The number of hydrogen-bond donors (Lipinski definition) is 1. The van der Waals surface area contributed by atoms with Crippen LogP contribution in [0.5, 0.6) is 11.5 Å². The van der Waals surface area contributed by atoms with Crippen molar-refractivity contribution in [3.8, 4) is 11.5 Å². The van der Waals surface area contributed by atoms with Crippen LogP contribution in [0, 0.1) is 0 Å². The SMILES string of the molecule is CCCN(CC(F)(F)F)c1cc2c(cc1N)OCCO2.